The maximum atomic E-state index is 12.5. The maximum Gasteiger partial charge on any atom is 0.385 e. The van der Waals surface area contributed by atoms with Gasteiger partial charge in [0.15, 0.2) is 5.78 Å². The van der Waals surface area contributed by atoms with Gasteiger partial charge < -0.3 is 13.9 Å². The molecule has 1 N–H and O–H groups in total. The molecule has 0 heterocycles. The maximum absolute atomic E-state index is 12.5. The van der Waals surface area contributed by atoms with Crippen molar-refractivity contribution >= 4 is 7.60 Å². The Bertz CT molecular complexity index is 488. The lowest BCUT2D eigenvalue weighted by molar-refractivity contribution is -0.883. The van der Waals surface area contributed by atoms with E-state index < -0.39 is 7.60 Å². The summed E-state index contributed by atoms with van der Waals surface area (Å²) in [6.45, 7) is 4.62. The minimum absolute atomic E-state index is 0.348. The van der Waals surface area contributed by atoms with Crippen molar-refractivity contribution in [3.8, 4) is 0 Å². The van der Waals surface area contributed by atoms with Crippen LogP contribution in [0.15, 0.2) is 12.2 Å². The fourth-order valence-corrected chi connectivity index (χ4v) is 6.28. The smallest absolute Gasteiger partial charge is 0.320 e. The van der Waals surface area contributed by atoms with Crippen molar-refractivity contribution in [2.75, 3.05) is 27.7 Å². The van der Waals surface area contributed by atoms with Crippen LogP contribution in [0.2, 0.25) is 0 Å². The average molecular weight is 475 g/mol. The zero-order valence-electron chi connectivity index (χ0n) is 22.3. The van der Waals surface area contributed by atoms with Crippen LogP contribution in [-0.4, -0.2) is 42.9 Å². The first kappa shape index (κ1) is 31.9. The van der Waals surface area contributed by atoms with E-state index in [-0.39, 0.29) is 5.78 Å². The molecule has 0 aliphatic heterocycles. The third-order valence-corrected chi connectivity index (χ3v) is 8.68. The van der Waals surface area contributed by atoms with Gasteiger partial charge in [-0.1, -0.05) is 103 Å². The summed E-state index contributed by atoms with van der Waals surface area (Å²) < 4.78 is 18.4. The number of unbranched alkanes of at least 4 members (excludes halogenated alkanes) is 15. The molecule has 0 amide bonds. The number of hydrogen-bond donors (Lipinski definition) is 1. The molecule has 2 atom stereocenters. The fraction of sp³-hybridized carbons (Fsp3) is 0.926. The van der Waals surface area contributed by atoms with Crippen LogP contribution in [0.1, 0.15) is 129 Å². The Morgan fingerprint density at radius 2 is 1.12 bits per heavy atom. The second-order valence-corrected chi connectivity index (χ2v) is 12.4. The van der Waals surface area contributed by atoms with Crippen molar-refractivity contribution in [1.29, 1.82) is 0 Å². The summed E-state index contributed by atoms with van der Waals surface area (Å²) in [5.74, 6) is -0.348. The number of hydrogen-bond acceptors (Lipinski definition) is 2. The van der Waals surface area contributed by atoms with E-state index in [0.29, 0.717) is 17.5 Å². The summed E-state index contributed by atoms with van der Waals surface area (Å²) >= 11 is 0. The first-order valence-corrected chi connectivity index (χ1v) is 15.3. The second-order valence-electron chi connectivity index (χ2n) is 10.4. The topological polar surface area (TPSA) is 46.5 Å². The van der Waals surface area contributed by atoms with Crippen LogP contribution in [0.25, 0.3) is 0 Å². The van der Waals surface area contributed by atoms with Gasteiger partial charge in [-0.25, -0.2) is 0 Å². The summed E-state index contributed by atoms with van der Waals surface area (Å²) in [6.07, 6.45) is 27.4. The van der Waals surface area contributed by atoms with Gasteiger partial charge in [0, 0.05) is 6.42 Å². The predicted molar refractivity (Wildman–Crippen MR) is 141 cm³/mol. The number of rotatable bonds is 23. The van der Waals surface area contributed by atoms with Gasteiger partial charge in [0.05, 0.1) is 27.7 Å². The predicted octanol–water partition coefficient (Wildman–Crippen LogP) is 8.84. The lowest BCUT2D eigenvalue weighted by Gasteiger charge is -2.35. The molecular weight excluding hydrogens is 417 g/mol. The van der Waals surface area contributed by atoms with Gasteiger partial charge in [-0.15, -0.1) is 0 Å². The first-order valence-electron chi connectivity index (χ1n) is 13.7. The van der Waals surface area contributed by atoms with Crippen molar-refractivity contribution in [3.05, 3.63) is 12.2 Å². The molecular formula is C27H57NO3P+. The molecule has 5 heteroatoms. The Labute approximate surface area is 201 Å². The van der Waals surface area contributed by atoms with E-state index in [4.69, 9.17) is 4.52 Å². The summed E-state index contributed by atoms with van der Waals surface area (Å²) in [6, 6.07) is 0. The molecule has 0 rings (SSSR count). The molecule has 192 valence electrons. The Hall–Kier alpha value is -0.150. The minimum Gasteiger partial charge on any atom is -0.320 e. The fourth-order valence-electron chi connectivity index (χ4n) is 4.38. The first-order chi connectivity index (χ1) is 15.3. The van der Waals surface area contributed by atoms with E-state index in [0.717, 1.165) is 12.8 Å². The van der Waals surface area contributed by atoms with E-state index >= 15 is 0 Å². The molecule has 32 heavy (non-hydrogen) atoms. The molecule has 0 saturated heterocycles. The van der Waals surface area contributed by atoms with Gasteiger partial charge in [0.1, 0.15) is 0 Å². The number of allylic oxidation sites excluding steroid dienone is 2. The van der Waals surface area contributed by atoms with Gasteiger partial charge in [-0.05, 0) is 32.1 Å². The summed E-state index contributed by atoms with van der Waals surface area (Å²) in [5, 5.41) is 0. The van der Waals surface area contributed by atoms with Crippen molar-refractivity contribution in [3.63, 3.8) is 0 Å². The van der Waals surface area contributed by atoms with Crippen LogP contribution < -0.4 is 0 Å². The molecule has 0 aromatic rings. The highest BCUT2D eigenvalue weighted by molar-refractivity contribution is 7.53. The molecule has 0 aromatic carbocycles. The quantitative estimate of drug-likeness (QED) is 0.0696. The molecule has 2 unspecified atom stereocenters. The van der Waals surface area contributed by atoms with Crippen LogP contribution in [-0.2, 0) is 9.09 Å². The number of quaternary nitrogens is 1. The van der Waals surface area contributed by atoms with Crippen LogP contribution in [0.3, 0.4) is 0 Å². The summed E-state index contributed by atoms with van der Waals surface area (Å²) in [7, 11) is 2.31. The Balaban J connectivity index is 3.42. The van der Waals surface area contributed by atoms with Gasteiger partial charge in [0.25, 0.3) is 0 Å². The molecule has 4 nitrogen and oxygen atoms in total. The zero-order valence-corrected chi connectivity index (χ0v) is 23.2. The van der Waals surface area contributed by atoms with E-state index in [1.165, 1.54) is 96.3 Å². The highest BCUT2D eigenvalue weighted by Crippen LogP contribution is 2.51. The molecule has 0 aliphatic carbocycles. The van der Waals surface area contributed by atoms with Crippen molar-refractivity contribution in [2.45, 2.75) is 135 Å². The third-order valence-electron chi connectivity index (χ3n) is 6.32. The van der Waals surface area contributed by atoms with E-state index in [1.807, 2.05) is 28.1 Å². The van der Waals surface area contributed by atoms with Crippen LogP contribution in [0.4, 0.5) is 0 Å². The van der Waals surface area contributed by atoms with Gasteiger partial charge in [-0.2, -0.15) is 0 Å². The standard InChI is InChI=1S/C27H56NO3P/c1-6-8-9-10-11-12-13-14-15-16-17-18-19-20-21-22-23-24-25-26-31-32(29,30)27(7-2)28(3,4)5/h11-12,27H,6-10,13-26H2,1-5H3/p+1/b12-11-. The van der Waals surface area contributed by atoms with Gasteiger partial charge >= 0.3 is 7.60 Å². The Morgan fingerprint density at radius 3 is 1.53 bits per heavy atom. The highest BCUT2D eigenvalue weighted by Gasteiger charge is 2.41. The molecule has 0 spiro atoms. The molecule has 0 saturated carbocycles. The molecule has 0 aromatic heterocycles. The SMILES string of the molecule is CCCCC/C=C\CCCCCCCCCCCCCCOP(=O)(O)C(CC)[N+](C)(C)C. The molecule has 0 fully saturated rings. The van der Waals surface area contributed by atoms with E-state index in [9.17, 15) is 9.46 Å². The largest absolute Gasteiger partial charge is 0.385 e. The average Bonchev–Trinajstić information content (AvgIpc) is 2.71. The zero-order chi connectivity index (χ0) is 24.1. The normalized spacial score (nSPS) is 15.3. The lowest BCUT2D eigenvalue weighted by Crippen LogP contribution is -2.44. The monoisotopic (exact) mass is 474 g/mol. The second kappa shape index (κ2) is 20.2. The van der Waals surface area contributed by atoms with Crippen molar-refractivity contribution in [1.82, 2.24) is 0 Å². The Morgan fingerprint density at radius 1 is 0.719 bits per heavy atom. The highest BCUT2D eigenvalue weighted by atomic mass is 31.2. The third kappa shape index (κ3) is 18.3. The van der Waals surface area contributed by atoms with Crippen LogP contribution in [0.5, 0.6) is 0 Å². The number of nitrogens with zero attached hydrogens (tertiary/aromatic N) is 1. The summed E-state index contributed by atoms with van der Waals surface area (Å²) in [4.78, 5) is 10.3. The molecule has 0 bridgehead atoms. The van der Waals surface area contributed by atoms with Crippen molar-refractivity contribution in [2.24, 2.45) is 0 Å². The summed E-state index contributed by atoms with van der Waals surface area (Å²) in [5.41, 5.74) is 0. The molecule has 0 radical (unpaired) electrons. The van der Waals surface area contributed by atoms with E-state index in [1.54, 1.807) is 0 Å². The lowest BCUT2D eigenvalue weighted by atomic mass is 10.0. The molecule has 0 aliphatic rings. The van der Waals surface area contributed by atoms with Gasteiger partial charge in [0.2, 0.25) is 0 Å². The minimum atomic E-state index is -3.55. The van der Waals surface area contributed by atoms with Crippen LogP contribution in [0, 0.1) is 0 Å². The van der Waals surface area contributed by atoms with Gasteiger partial charge in [-0.3, -0.25) is 4.57 Å². The van der Waals surface area contributed by atoms with Crippen molar-refractivity contribution < 1.29 is 18.5 Å². The Kier molecular flexibility index (Phi) is 20.1. The van der Waals surface area contributed by atoms with Crippen LogP contribution >= 0.6 is 7.60 Å². The van der Waals surface area contributed by atoms with E-state index in [2.05, 4.69) is 19.1 Å².